The molecule has 2 unspecified atom stereocenters. The highest BCUT2D eigenvalue weighted by Crippen LogP contribution is 2.24. The van der Waals surface area contributed by atoms with E-state index in [0.717, 1.165) is 18.5 Å². The number of alkyl carbamates (subject to hydrolysis) is 1. The van der Waals surface area contributed by atoms with Gasteiger partial charge >= 0.3 is 11.0 Å². The third-order valence-corrected chi connectivity index (χ3v) is 4.66. The van der Waals surface area contributed by atoms with E-state index in [2.05, 4.69) is 15.6 Å². The van der Waals surface area contributed by atoms with Crippen LogP contribution in [0.5, 0.6) is 0 Å². The van der Waals surface area contributed by atoms with Crippen LogP contribution in [0.15, 0.2) is 10.2 Å². The first kappa shape index (κ1) is 18.0. The molecule has 1 aliphatic rings. The van der Waals surface area contributed by atoms with Gasteiger partial charge in [0.05, 0.1) is 0 Å². The molecule has 1 fully saturated rings. The fourth-order valence-corrected chi connectivity index (χ4v) is 3.47. The number of ether oxygens (including phenoxy) is 1. The number of nitrogens with one attached hydrogen (secondary N) is 3. The summed E-state index contributed by atoms with van der Waals surface area (Å²) in [4.78, 5) is 25.8. The molecule has 1 aromatic rings. The van der Waals surface area contributed by atoms with Crippen molar-refractivity contribution in [2.75, 3.05) is 6.54 Å². The monoisotopic (exact) mass is 341 g/mol. The number of thiazole rings is 1. The van der Waals surface area contributed by atoms with Crippen LogP contribution >= 0.6 is 11.3 Å². The zero-order valence-corrected chi connectivity index (χ0v) is 14.9. The van der Waals surface area contributed by atoms with Crippen LogP contribution in [-0.2, 0) is 11.3 Å². The molecule has 0 radical (unpaired) electrons. The molecule has 1 aliphatic carbocycles. The Hall–Kier alpha value is -1.34. The first-order chi connectivity index (χ1) is 10.8. The molecule has 23 heavy (non-hydrogen) atoms. The Kier molecular flexibility index (Phi) is 6.24. The second kappa shape index (κ2) is 7.97. The number of rotatable bonds is 5. The summed E-state index contributed by atoms with van der Waals surface area (Å²) in [6, 6.07) is 0.349. The van der Waals surface area contributed by atoms with Gasteiger partial charge in [0.15, 0.2) is 0 Å². The average Bonchev–Trinajstić information content (AvgIpc) is 2.87. The number of hydrogen-bond donors (Lipinski definition) is 3. The van der Waals surface area contributed by atoms with E-state index in [9.17, 15) is 9.59 Å². The molecule has 0 aliphatic heterocycles. The number of amides is 1. The van der Waals surface area contributed by atoms with E-state index in [4.69, 9.17) is 4.74 Å². The minimum atomic E-state index is -0.473. The lowest BCUT2D eigenvalue weighted by Gasteiger charge is -2.32. The van der Waals surface area contributed by atoms with E-state index in [-0.39, 0.29) is 11.0 Å². The summed E-state index contributed by atoms with van der Waals surface area (Å²) >= 11 is 1.19. The second-order valence-electron chi connectivity index (χ2n) is 7.09. The zero-order valence-electron chi connectivity index (χ0n) is 14.1. The fraction of sp³-hybridized carbons (Fsp3) is 0.750. The normalized spacial score (nSPS) is 21.9. The maximum Gasteiger partial charge on any atom is 0.407 e. The SMILES string of the molecule is CC(C)(C)OC(=O)NCC1CCCCC1NCc1csc(=O)[nH]1. The Morgan fingerprint density at radius 3 is 2.78 bits per heavy atom. The summed E-state index contributed by atoms with van der Waals surface area (Å²) in [7, 11) is 0. The van der Waals surface area contributed by atoms with E-state index in [1.807, 2.05) is 26.2 Å². The van der Waals surface area contributed by atoms with Crippen molar-refractivity contribution in [3.8, 4) is 0 Å². The first-order valence-corrected chi connectivity index (χ1v) is 9.08. The highest BCUT2D eigenvalue weighted by Gasteiger charge is 2.26. The van der Waals surface area contributed by atoms with Crippen molar-refractivity contribution >= 4 is 17.4 Å². The van der Waals surface area contributed by atoms with Gasteiger partial charge in [-0.05, 0) is 39.5 Å². The summed E-state index contributed by atoms with van der Waals surface area (Å²) in [5.41, 5.74) is 0.448. The number of aromatic nitrogens is 1. The van der Waals surface area contributed by atoms with Gasteiger partial charge in [0, 0.05) is 30.2 Å². The van der Waals surface area contributed by atoms with Crippen LogP contribution < -0.4 is 15.5 Å². The van der Waals surface area contributed by atoms with Crippen LogP contribution in [0.25, 0.3) is 0 Å². The average molecular weight is 341 g/mol. The van der Waals surface area contributed by atoms with E-state index in [1.54, 1.807) is 0 Å². The molecule has 2 rings (SSSR count). The maximum atomic E-state index is 11.8. The van der Waals surface area contributed by atoms with E-state index >= 15 is 0 Å². The van der Waals surface area contributed by atoms with Crippen molar-refractivity contribution in [2.24, 2.45) is 5.92 Å². The van der Waals surface area contributed by atoms with Gasteiger partial charge in [-0.3, -0.25) is 4.79 Å². The minimum absolute atomic E-state index is 0.0198. The highest BCUT2D eigenvalue weighted by molar-refractivity contribution is 7.07. The van der Waals surface area contributed by atoms with Crippen LogP contribution in [-0.4, -0.2) is 29.3 Å². The lowest BCUT2D eigenvalue weighted by Crippen LogP contribution is -2.44. The van der Waals surface area contributed by atoms with Crippen molar-refractivity contribution in [1.82, 2.24) is 15.6 Å². The standard InChI is InChI=1S/C16H27N3O3S/c1-16(2,3)22-14(20)18-8-11-6-4-5-7-13(11)17-9-12-10-23-15(21)19-12/h10-11,13,17H,4-9H2,1-3H3,(H,18,20)(H,19,21). The third kappa shape index (κ3) is 6.35. The van der Waals surface area contributed by atoms with Crippen molar-refractivity contribution in [3.05, 3.63) is 20.7 Å². The lowest BCUT2D eigenvalue weighted by molar-refractivity contribution is 0.0510. The molecular formula is C16H27N3O3S. The summed E-state index contributed by atoms with van der Waals surface area (Å²) in [6.07, 6.45) is 4.21. The molecule has 6 nitrogen and oxygen atoms in total. The molecule has 3 N–H and O–H groups in total. The van der Waals surface area contributed by atoms with Gasteiger partial charge in [0.25, 0.3) is 0 Å². The Balaban J connectivity index is 1.80. The Labute approximate surface area is 141 Å². The Morgan fingerprint density at radius 1 is 1.39 bits per heavy atom. The lowest BCUT2D eigenvalue weighted by atomic mass is 9.84. The van der Waals surface area contributed by atoms with Crippen LogP contribution in [0.3, 0.4) is 0 Å². The third-order valence-electron chi connectivity index (χ3n) is 3.94. The number of hydrogen-bond acceptors (Lipinski definition) is 5. The molecule has 130 valence electrons. The van der Waals surface area contributed by atoms with Gasteiger partial charge in [-0.2, -0.15) is 0 Å². The predicted molar refractivity (Wildman–Crippen MR) is 91.8 cm³/mol. The van der Waals surface area contributed by atoms with Gasteiger partial charge in [-0.15, -0.1) is 0 Å². The van der Waals surface area contributed by atoms with Crippen LogP contribution in [0, 0.1) is 5.92 Å². The number of H-pyrrole nitrogens is 1. The number of carbonyl (C=O) groups excluding carboxylic acids is 1. The Bertz CT molecular complexity index is 561. The van der Waals surface area contributed by atoms with Crippen LogP contribution in [0.4, 0.5) is 4.79 Å². The van der Waals surface area contributed by atoms with Crippen molar-refractivity contribution in [1.29, 1.82) is 0 Å². The quantitative estimate of drug-likeness (QED) is 0.769. The molecular weight excluding hydrogens is 314 g/mol. The number of aromatic amines is 1. The van der Waals surface area contributed by atoms with Crippen molar-refractivity contribution < 1.29 is 9.53 Å². The molecule has 1 aromatic heterocycles. The van der Waals surface area contributed by atoms with E-state index in [1.165, 1.54) is 24.2 Å². The largest absolute Gasteiger partial charge is 0.444 e. The topological polar surface area (TPSA) is 83.2 Å². The smallest absolute Gasteiger partial charge is 0.407 e. The van der Waals surface area contributed by atoms with Gasteiger partial charge in [-0.25, -0.2) is 4.79 Å². The molecule has 1 saturated carbocycles. The van der Waals surface area contributed by atoms with Gasteiger partial charge in [-0.1, -0.05) is 24.2 Å². The molecule has 2 atom stereocenters. The van der Waals surface area contributed by atoms with E-state index < -0.39 is 5.60 Å². The van der Waals surface area contributed by atoms with Crippen molar-refractivity contribution in [3.63, 3.8) is 0 Å². The maximum absolute atomic E-state index is 11.8. The van der Waals surface area contributed by atoms with Crippen LogP contribution in [0.1, 0.15) is 52.1 Å². The predicted octanol–water partition coefficient (Wildman–Crippen LogP) is 2.61. The summed E-state index contributed by atoms with van der Waals surface area (Å²) in [5, 5.41) is 8.26. The second-order valence-corrected chi connectivity index (χ2v) is 7.93. The summed E-state index contributed by atoms with van der Waals surface area (Å²) in [6.45, 7) is 6.86. The first-order valence-electron chi connectivity index (χ1n) is 8.20. The Morgan fingerprint density at radius 2 is 2.13 bits per heavy atom. The molecule has 0 bridgehead atoms. The highest BCUT2D eigenvalue weighted by atomic mass is 32.1. The van der Waals surface area contributed by atoms with E-state index in [0.29, 0.717) is 25.0 Å². The number of carbonyl (C=O) groups is 1. The molecule has 7 heteroatoms. The zero-order chi connectivity index (χ0) is 16.9. The van der Waals surface area contributed by atoms with Crippen molar-refractivity contribution in [2.45, 2.75) is 64.6 Å². The molecule has 1 heterocycles. The summed E-state index contributed by atoms with van der Waals surface area (Å²) < 4.78 is 5.29. The summed E-state index contributed by atoms with van der Waals surface area (Å²) in [5.74, 6) is 0.390. The molecule has 0 saturated heterocycles. The molecule has 1 amide bonds. The molecule has 0 aromatic carbocycles. The fourth-order valence-electron chi connectivity index (χ4n) is 2.89. The van der Waals surface area contributed by atoms with Gasteiger partial charge in [0.2, 0.25) is 0 Å². The van der Waals surface area contributed by atoms with Crippen LogP contribution in [0.2, 0.25) is 0 Å². The minimum Gasteiger partial charge on any atom is -0.444 e. The van der Waals surface area contributed by atoms with Gasteiger partial charge in [0.1, 0.15) is 5.60 Å². The van der Waals surface area contributed by atoms with Gasteiger partial charge < -0.3 is 20.4 Å². The molecule has 0 spiro atoms.